The van der Waals surface area contributed by atoms with Gasteiger partial charge in [-0.1, -0.05) is 49.4 Å². The van der Waals surface area contributed by atoms with Gasteiger partial charge in [-0.3, -0.25) is 4.79 Å². The van der Waals surface area contributed by atoms with Gasteiger partial charge in [-0.05, 0) is 31.0 Å². The first kappa shape index (κ1) is 19.2. The van der Waals surface area contributed by atoms with E-state index in [-0.39, 0.29) is 0 Å². The number of amides is 1. The van der Waals surface area contributed by atoms with Crippen molar-refractivity contribution in [3.63, 3.8) is 0 Å². The zero-order chi connectivity index (χ0) is 18.9. The molecule has 2 aromatic rings. The van der Waals surface area contributed by atoms with Crippen molar-refractivity contribution < 1.29 is 19.1 Å². The Morgan fingerprint density at radius 1 is 1.15 bits per heavy atom. The average Bonchev–Trinajstić information content (AvgIpc) is 2.65. The minimum absolute atomic E-state index is 0.446. The van der Waals surface area contributed by atoms with E-state index in [9.17, 15) is 9.59 Å². The van der Waals surface area contributed by atoms with Crippen LogP contribution in [0.5, 0.6) is 5.75 Å². The molecule has 0 fully saturated rings. The predicted molar refractivity (Wildman–Crippen MR) is 101 cm³/mol. The van der Waals surface area contributed by atoms with Crippen molar-refractivity contribution >= 4 is 17.6 Å². The van der Waals surface area contributed by atoms with Crippen molar-refractivity contribution in [3.05, 3.63) is 71.8 Å². The van der Waals surface area contributed by atoms with Crippen LogP contribution < -0.4 is 10.1 Å². The summed E-state index contributed by atoms with van der Waals surface area (Å²) in [7, 11) is 1.53. The highest BCUT2D eigenvalue weighted by Gasteiger charge is 2.25. The summed E-state index contributed by atoms with van der Waals surface area (Å²) in [5.41, 5.74) is 2.09. The summed E-state index contributed by atoms with van der Waals surface area (Å²) in [6.45, 7) is 3.83. The van der Waals surface area contributed by atoms with Gasteiger partial charge in [0, 0.05) is 11.6 Å². The number of hydrogen-bond acceptors (Lipinski definition) is 4. The Morgan fingerprint density at radius 2 is 1.88 bits per heavy atom. The normalized spacial score (nSPS) is 11.8. The summed E-state index contributed by atoms with van der Waals surface area (Å²) in [4.78, 5) is 24.8. The minimum atomic E-state index is -1.06. The van der Waals surface area contributed by atoms with Gasteiger partial charge in [-0.15, -0.1) is 0 Å². The zero-order valence-corrected chi connectivity index (χ0v) is 15.2. The molecule has 26 heavy (non-hydrogen) atoms. The molecule has 0 aliphatic heterocycles. The summed E-state index contributed by atoms with van der Waals surface area (Å²) in [6, 6.07) is 14.4. The summed E-state index contributed by atoms with van der Waals surface area (Å²) in [5.74, 6) is -0.474. The summed E-state index contributed by atoms with van der Waals surface area (Å²) in [5, 5.41) is 2.80. The Labute approximate surface area is 153 Å². The number of nitrogens with one attached hydrogen (secondary N) is 1. The van der Waals surface area contributed by atoms with Crippen molar-refractivity contribution in [2.45, 2.75) is 26.4 Å². The van der Waals surface area contributed by atoms with Crippen molar-refractivity contribution in [2.75, 3.05) is 12.4 Å². The van der Waals surface area contributed by atoms with Crippen molar-refractivity contribution in [3.8, 4) is 5.75 Å². The quantitative estimate of drug-likeness (QED) is 0.599. The molecule has 1 unspecified atom stereocenters. The fourth-order valence-electron chi connectivity index (χ4n) is 2.39. The zero-order valence-electron chi connectivity index (χ0n) is 15.2. The molecule has 0 aliphatic carbocycles. The first-order valence-electron chi connectivity index (χ1n) is 8.42. The van der Waals surface area contributed by atoms with Crippen LogP contribution in [0.4, 0.5) is 5.69 Å². The maximum absolute atomic E-state index is 12.8. The lowest BCUT2D eigenvalue weighted by atomic mass is 10.1. The smallest absolute Gasteiger partial charge is 0.331 e. The molecule has 136 valence electrons. The van der Waals surface area contributed by atoms with Crippen LogP contribution in [0, 0.1) is 6.92 Å². The molecule has 0 saturated carbocycles. The summed E-state index contributed by atoms with van der Waals surface area (Å²) >= 11 is 0. The standard InChI is InChI=1S/C21H23NO4/c1-4-5-11-19(23)26-20(16-9-7-6-8-10-16)21(24)22-17-14-15(2)12-13-18(17)25-3/h5-14,20H,4H2,1-3H3,(H,22,24)/b11-5+. The number of benzene rings is 2. The Hall–Kier alpha value is -3.08. The van der Waals surface area contributed by atoms with E-state index in [1.165, 1.54) is 13.2 Å². The molecule has 1 N–H and O–H groups in total. The molecule has 0 saturated heterocycles. The van der Waals surface area contributed by atoms with Gasteiger partial charge >= 0.3 is 5.97 Å². The number of esters is 1. The maximum Gasteiger partial charge on any atom is 0.331 e. The van der Waals surface area contributed by atoms with Crippen LogP contribution in [0.2, 0.25) is 0 Å². The lowest BCUT2D eigenvalue weighted by molar-refractivity contribution is -0.149. The van der Waals surface area contributed by atoms with Crippen LogP contribution in [0.15, 0.2) is 60.7 Å². The molecule has 1 atom stereocenters. The molecule has 0 bridgehead atoms. The van der Waals surface area contributed by atoms with Gasteiger partial charge in [-0.2, -0.15) is 0 Å². The third-order valence-corrected chi connectivity index (χ3v) is 3.68. The highest BCUT2D eigenvalue weighted by Crippen LogP contribution is 2.27. The number of carbonyl (C=O) groups is 2. The second-order valence-electron chi connectivity index (χ2n) is 5.73. The molecular formula is C21H23NO4. The Balaban J connectivity index is 2.27. The molecule has 0 spiro atoms. The predicted octanol–water partition coefficient (Wildman–Crippen LogP) is 4.19. The number of rotatable bonds is 7. The van der Waals surface area contributed by atoms with Crippen molar-refractivity contribution in [1.29, 1.82) is 0 Å². The van der Waals surface area contributed by atoms with E-state index in [4.69, 9.17) is 9.47 Å². The Bertz CT molecular complexity index is 784. The summed E-state index contributed by atoms with van der Waals surface area (Å²) < 4.78 is 10.7. The lowest BCUT2D eigenvalue weighted by Crippen LogP contribution is -2.25. The van der Waals surface area contributed by atoms with E-state index in [0.29, 0.717) is 23.4 Å². The van der Waals surface area contributed by atoms with E-state index >= 15 is 0 Å². The fourth-order valence-corrected chi connectivity index (χ4v) is 2.39. The third kappa shape index (κ3) is 5.21. The highest BCUT2D eigenvalue weighted by atomic mass is 16.5. The third-order valence-electron chi connectivity index (χ3n) is 3.68. The fraction of sp³-hybridized carbons (Fsp3) is 0.238. The SMILES string of the molecule is CC/C=C/C(=O)OC(C(=O)Nc1cc(C)ccc1OC)c1ccccc1. The van der Waals surface area contributed by atoms with E-state index in [2.05, 4.69) is 5.32 Å². The van der Waals surface area contributed by atoms with Gasteiger partial charge < -0.3 is 14.8 Å². The number of ether oxygens (including phenoxy) is 2. The molecule has 0 heterocycles. The first-order chi connectivity index (χ1) is 12.5. The monoisotopic (exact) mass is 353 g/mol. The average molecular weight is 353 g/mol. The number of hydrogen-bond donors (Lipinski definition) is 1. The van der Waals surface area contributed by atoms with Gasteiger partial charge in [-0.25, -0.2) is 4.79 Å². The van der Waals surface area contributed by atoms with Gasteiger partial charge in [0.15, 0.2) is 0 Å². The van der Waals surface area contributed by atoms with Crippen LogP contribution in [0.3, 0.4) is 0 Å². The molecule has 5 nitrogen and oxygen atoms in total. The molecule has 2 aromatic carbocycles. The van der Waals surface area contributed by atoms with Gasteiger partial charge in [0.05, 0.1) is 12.8 Å². The van der Waals surface area contributed by atoms with Crippen LogP contribution in [-0.2, 0) is 14.3 Å². The van der Waals surface area contributed by atoms with Crippen LogP contribution in [-0.4, -0.2) is 19.0 Å². The van der Waals surface area contributed by atoms with Gasteiger partial charge in [0.2, 0.25) is 6.10 Å². The Kier molecular flexibility index (Phi) is 6.97. The number of anilines is 1. The number of allylic oxidation sites excluding steroid dienone is 1. The molecule has 0 aromatic heterocycles. The van der Waals surface area contributed by atoms with Crippen LogP contribution in [0.25, 0.3) is 0 Å². The van der Waals surface area contributed by atoms with E-state index in [0.717, 1.165) is 5.56 Å². The number of carbonyl (C=O) groups excluding carboxylic acids is 2. The number of methoxy groups -OCH3 is 1. The second kappa shape index (κ2) is 9.42. The summed E-state index contributed by atoms with van der Waals surface area (Å²) in [6.07, 6.45) is 2.66. The second-order valence-corrected chi connectivity index (χ2v) is 5.73. The van der Waals surface area contributed by atoms with E-state index < -0.39 is 18.0 Å². The van der Waals surface area contributed by atoms with E-state index in [1.807, 2.05) is 26.0 Å². The van der Waals surface area contributed by atoms with Crippen LogP contribution >= 0.6 is 0 Å². The Morgan fingerprint density at radius 3 is 2.54 bits per heavy atom. The highest BCUT2D eigenvalue weighted by molar-refractivity contribution is 5.98. The minimum Gasteiger partial charge on any atom is -0.495 e. The molecule has 2 rings (SSSR count). The maximum atomic E-state index is 12.8. The topological polar surface area (TPSA) is 64.6 Å². The van der Waals surface area contributed by atoms with E-state index in [1.54, 1.807) is 42.5 Å². The van der Waals surface area contributed by atoms with Crippen LogP contribution in [0.1, 0.15) is 30.6 Å². The largest absolute Gasteiger partial charge is 0.495 e. The van der Waals surface area contributed by atoms with Crippen molar-refractivity contribution in [1.82, 2.24) is 0 Å². The lowest BCUT2D eigenvalue weighted by Gasteiger charge is -2.18. The first-order valence-corrected chi connectivity index (χ1v) is 8.42. The molecule has 5 heteroatoms. The molecule has 0 radical (unpaired) electrons. The molecule has 1 amide bonds. The van der Waals surface area contributed by atoms with Gasteiger partial charge in [0.25, 0.3) is 5.91 Å². The van der Waals surface area contributed by atoms with Crippen molar-refractivity contribution in [2.24, 2.45) is 0 Å². The van der Waals surface area contributed by atoms with Gasteiger partial charge in [0.1, 0.15) is 5.75 Å². The number of aryl methyl sites for hydroxylation is 1. The molecular weight excluding hydrogens is 330 g/mol. The molecule has 0 aliphatic rings.